The van der Waals surface area contributed by atoms with Crippen molar-refractivity contribution < 1.29 is 9.53 Å². The molecule has 1 atom stereocenters. The van der Waals surface area contributed by atoms with Crippen molar-refractivity contribution in [3.05, 3.63) is 66.0 Å². The summed E-state index contributed by atoms with van der Waals surface area (Å²) < 4.78 is 6.08. The summed E-state index contributed by atoms with van der Waals surface area (Å²) in [6, 6.07) is 7.92. The van der Waals surface area contributed by atoms with Gasteiger partial charge < -0.3 is 10.1 Å². The third kappa shape index (κ3) is 3.97. The summed E-state index contributed by atoms with van der Waals surface area (Å²) in [6.45, 7) is 7.92. The van der Waals surface area contributed by atoms with Crippen molar-refractivity contribution in [2.75, 3.05) is 5.32 Å². The van der Waals surface area contributed by atoms with Crippen LogP contribution in [0.1, 0.15) is 32.3 Å². The molecule has 1 unspecified atom stereocenters. The molecule has 0 bridgehead atoms. The molecule has 3 nitrogen and oxygen atoms in total. The van der Waals surface area contributed by atoms with Gasteiger partial charge in [-0.1, -0.05) is 38.6 Å². The highest BCUT2D eigenvalue weighted by Gasteiger charge is 2.30. The van der Waals surface area contributed by atoms with E-state index in [0.717, 1.165) is 17.7 Å². The van der Waals surface area contributed by atoms with Gasteiger partial charge in [0.15, 0.2) is 0 Å². The summed E-state index contributed by atoms with van der Waals surface area (Å²) in [5.41, 5.74) is 4.65. The lowest BCUT2D eigenvalue weighted by Gasteiger charge is -2.27. The van der Waals surface area contributed by atoms with E-state index in [1.54, 1.807) is 0 Å². The van der Waals surface area contributed by atoms with E-state index >= 15 is 0 Å². The predicted molar refractivity (Wildman–Crippen MR) is 97.6 cm³/mol. The Morgan fingerprint density at radius 3 is 2.88 bits per heavy atom. The minimum absolute atomic E-state index is 0.0675. The molecule has 3 rings (SSSR count). The minimum Gasteiger partial charge on any atom is -0.493 e. The number of nitrogens with one attached hydrogen (secondary N) is 1. The molecule has 1 aromatic carbocycles. The molecular weight excluding hydrogens is 298 g/mol. The molecule has 0 saturated heterocycles. The van der Waals surface area contributed by atoms with Crippen LogP contribution in [0.15, 0.2) is 60.4 Å². The molecule has 1 saturated carbocycles. The standard InChI is InChI=1S/C21H25NO2/c1-4-21(23)22-18-7-5-6-15(10-18)11-20-19(14(2)3)12-17(13-24-20)16-8-9-16/h4-7,10,12-14,16,20H,1,8-9,11H2,2-3H3,(H,22,23). The van der Waals surface area contributed by atoms with Crippen molar-refractivity contribution in [3.63, 3.8) is 0 Å². The molecular formula is C21H25NO2. The number of hydrogen-bond donors (Lipinski definition) is 1. The maximum atomic E-state index is 11.5. The second-order valence-electron chi connectivity index (χ2n) is 6.91. The smallest absolute Gasteiger partial charge is 0.247 e. The first-order valence-corrected chi connectivity index (χ1v) is 8.66. The summed E-state index contributed by atoms with van der Waals surface area (Å²) >= 11 is 0. The lowest BCUT2D eigenvalue weighted by molar-refractivity contribution is -0.111. The topological polar surface area (TPSA) is 38.3 Å². The van der Waals surface area contributed by atoms with Crippen molar-refractivity contribution in [3.8, 4) is 0 Å². The van der Waals surface area contributed by atoms with Crippen LogP contribution in [0.3, 0.4) is 0 Å². The van der Waals surface area contributed by atoms with E-state index in [1.165, 1.54) is 30.1 Å². The first-order chi connectivity index (χ1) is 11.6. The highest BCUT2D eigenvalue weighted by Crippen LogP contribution is 2.40. The zero-order valence-corrected chi connectivity index (χ0v) is 14.4. The number of benzene rings is 1. The van der Waals surface area contributed by atoms with Crippen molar-refractivity contribution in [1.82, 2.24) is 0 Å². The molecule has 1 aliphatic carbocycles. The van der Waals surface area contributed by atoms with Crippen molar-refractivity contribution in [2.24, 2.45) is 11.8 Å². The molecule has 1 fully saturated rings. The molecule has 24 heavy (non-hydrogen) atoms. The van der Waals surface area contributed by atoms with Gasteiger partial charge in [-0.2, -0.15) is 0 Å². The fraction of sp³-hybridized carbons (Fsp3) is 0.381. The van der Waals surface area contributed by atoms with Crippen LogP contribution in [-0.2, 0) is 16.0 Å². The number of ether oxygens (including phenoxy) is 1. The van der Waals surface area contributed by atoms with E-state index in [1.807, 2.05) is 24.5 Å². The molecule has 0 spiro atoms. The van der Waals surface area contributed by atoms with E-state index < -0.39 is 0 Å². The number of hydrogen-bond acceptors (Lipinski definition) is 2. The van der Waals surface area contributed by atoms with Crippen LogP contribution in [0.5, 0.6) is 0 Å². The number of rotatable bonds is 6. The summed E-state index contributed by atoms with van der Waals surface area (Å²) in [7, 11) is 0. The van der Waals surface area contributed by atoms with E-state index in [4.69, 9.17) is 4.74 Å². The highest BCUT2D eigenvalue weighted by atomic mass is 16.5. The van der Waals surface area contributed by atoms with E-state index in [9.17, 15) is 4.79 Å². The highest BCUT2D eigenvalue weighted by molar-refractivity contribution is 5.98. The molecule has 1 N–H and O–H groups in total. The van der Waals surface area contributed by atoms with Crippen LogP contribution in [0.25, 0.3) is 0 Å². The summed E-state index contributed by atoms with van der Waals surface area (Å²) in [4.78, 5) is 11.5. The van der Waals surface area contributed by atoms with Gasteiger partial charge in [0.2, 0.25) is 5.91 Å². The lowest BCUT2D eigenvalue weighted by atomic mass is 9.89. The van der Waals surface area contributed by atoms with Crippen molar-refractivity contribution in [1.29, 1.82) is 0 Å². The number of anilines is 1. The fourth-order valence-electron chi connectivity index (χ4n) is 3.08. The second kappa shape index (κ2) is 7.08. The Morgan fingerprint density at radius 2 is 2.21 bits per heavy atom. The fourth-order valence-corrected chi connectivity index (χ4v) is 3.08. The SMILES string of the molecule is C=CC(=O)Nc1cccc(CC2OC=C(C3CC3)C=C2C(C)C)c1. The van der Waals surface area contributed by atoms with Crippen molar-refractivity contribution >= 4 is 11.6 Å². The second-order valence-corrected chi connectivity index (χ2v) is 6.91. The molecule has 0 radical (unpaired) electrons. The maximum absolute atomic E-state index is 11.5. The van der Waals surface area contributed by atoms with Gasteiger partial charge in [0, 0.05) is 12.1 Å². The Balaban J connectivity index is 1.73. The van der Waals surface area contributed by atoms with Crippen molar-refractivity contribution in [2.45, 2.75) is 39.2 Å². The van der Waals surface area contributed by atoms with Gasteiger partial charge in [0.05, 0.1) is 6.26 Å². The Bertz CT molecular complexity index is 696. The average Bonchev–Trinajstić information content (AvgIpc) is 3.40. The first kappa shape index (κ1) is 16.6. The third-order valence-corrected chi connectivity index (χ3v) is 4.59. The van der Waals surface area contributed by atoms with Gasteiger partial charge in [0.25, 0.3) is 0 Å². The van der Waals surface area contributed by atoms with Crippen LogP contribution in [0.2, 0.25) is 0 Å². The number of amides is 1. The number of carbonyl (C=O) groups excluding carboxylic acids is 1. The molecule has 2 aliphatic rings. The Hall–Kier alpha value is -2.29. The maximum Gasteiger partial charge on any atom is 0.247 e. The van der Waals surface area contributed by atoms with Gasteiger partial charge in [-0.05, 0) is 59.6 Å². The largest absolute Gasteiger partial charge is 0.493 e. The zero-order chi connectivity index (χ0) is 17.1. The van der Waals surface area contributed by atoms with E-state index in [0.29, 0.717) is 11.8 Å². The van der Waals surface area contributed by atoms with Crippen LogP contribution >= 0.6 is 0 Å². The average molecular weight is 323 g/mol. The van der Waals surface area contributed by atoms with Gasteiger partial charge in [-0.3, -0.25) is 4.79 Å². The quantitative estimate of drug-likeness (QED) is 0.775. The van der Waals surface area contributed by atoms with Crippen LogP contribution < -0.4 is 5.32 Å². The van der Waals surface area contributed by atoms with E-state index in [2.05, 4.69) is 37.9 Å². The number of allylic oxidation sites excluding steroid dienone is 2. The molecule has 126 valence electrons. The molecule has 1 aliphatic heterocycles. The summed E-state index contributed by atoms with van der Waals surface area (Å²) in [5.74, 6) is 0.971. The van der Waals surface area contributed by atoms with Gasteiger partial charge in [0.1, 0.15) is 6.10 Å². The Morgan fingerprint density at radius 1 is 1.42 bits per heavy atom. The first-order valence-electron chi connectivity index (χ1n) is 8.66. The van der Waals surface area contributed by atoms with Crippen LogP contribution in [0.4, 0.5) is 5.69 Å². The molecule has 1 aromatic rings. The number of carbonyl (C=O) groups is 1. The van der Waals surface area contributed by atoms with E-state index in [-0.39, 0.29) is 12.0 Å². The molecule has 1 amide bonds. The Labute approximate surface area is 144 Å². The summed E-state index contributed by atoms with van der Waals surface area (Å²) in [6.07, 6.45) is 9.02. The molecule has 0 aromatic heterocycles. The lowest BCUT2D eigenvalue weighted by Crippen LogP contribution is -2.23. The zero-order valence-electron chi connectivity index (χ0n) is 14.4. The van der Waals surface area contributed by atoms with Gasteiger partial charge in [-0.25, -0.2) is 0 Å². The monoisotopic (exact) mass is 323 g/mol. The molecule has 3 heteroatoms. The summed E-state index contributed by atoms with van der Waals surface area (Å²) in [5, 5.41) is 2.81. The molecule has 1 heterocycles. The van der Waals surface area contributed by atoms with Crippen LogP contribution in [-0.4, -0.2) is 12.0 Å². The van der Waals surface area contributed by atoms with Gasteiger partial charge >= 0.3 is 0 Å². The normalized spacial score (nSPS) is 20.0. The minimum atomic E-state index is -0.194. The Kier molecular flexibility index (Phi) is 4.89. The van der Waals surface area contributed by atoms with Crippen LogP contribution in [0, 0.1) is 11.8 Å². The van der Waals surface area contributed by atoms with Gasteiger partial charge in [-0.15, -0.1) is 0 Å². The third-order valence-electron chi connectivity index (χ3n) is 4.59. The predicted octanol–water partition coefficient (Wildman–Crippen LogP) is 4.63.